The van der Waals surface area contributed by atoms with Gasteiger partial charge >= 0.3 is 0 Å². The fourth-order valence-corrected chi connectivity index (χ4v) is 3.53. The third-order valence-electron chi connectivity index (χ3n) is 2.41. The standard InChI is InChI=1S/C12H10N2O2S2/c1-10-4-6-11(7-5-10)18(15,16)14-8-2-3-12(14)17-9-13/h2-8H,1H3. The van der Waals surface area contributed by atoms with Crippen LogP contribution in [-0.2, 0) is 10.0 Å². The number of hydrogen-bond acceptors (Lipinski definition) is 4. The SMILES string of the molecule is Cc1ccc(S(=O)(=O)n2cccc2SC#N)cc1. The summed E-state index contributed by atoms with van der Waals surface area (Å²) >= 11 is 0.823. The van der Waals surface area contributed by atoms with Gasteiger partial charge in [0.15, 0.2) is 0 Å². The van der Waals surface area contributed by atoms with E-state index >= 15 is 0 Å². The lowest BCUT2D eigenvalue weighted by Gasteiger charge is -2.08. The second-order valence-corrected chi connectivity index (χ2v) is 6.27. The van der Waals surface area contributed by atoms with Crippen LogP contribution in [-0.4, -0.2) is 12.4 Å². The molecule has 2 aromatic rings. The molecule has 18 heavy (non-hydrogen) atoms. The van der Waals surface area contributed by atoms with Crippen molar-refractivity contribution in [3.8, 4) is 5.40 Å². The molecule has 1 aromatic heterocycles. The Hall–Kier alpha value is -1.71. The van der Waals surface area contributed by atoms with Crippen molar-refractivity contribution >= 4 is 21.8 Å². The molecule has 0 fully saturated rings. The quantitative estimate of drug-likeness (QED) is 0.639. The van der Waals surface area contributed by atoms with Gasteiger partial charge < -0.3 is 0 Å². The van der Waals surface area contributed by atoms with Crippen LogP contribution in [0.25, 0.3) is 0 Å². The largest absolute Gasteiger partial charge is 0.268 e. The minimum atomic E-state index is -3.62. The highest BCUT2D eigenvalue weighted by molar-refractivity contribution is 8.04. The summed E-state index contributed by atoms with van der Waals surface area (Å²) in [6.45, 7) is 1.89. The molecule has 1 aromatic carbocycles. The molecule has 0 aliphatic rings. The lowest BCUT2D eigenvalue weighted by molar-refractivity contribution is 0.583. The average Bonchev–Trinajstić information content (AvgIpc) is 2.79. The number of aryl methyl sites for hydroxylation is 1. The molecule has 0 aliphatic heterocycles. The fourth-order valence-electron chi connectivity index (χ4n) is 1.50. The third kappa shape index (κ3) is 2.28. The molecule has 0 saturated heterocycles. The first kappa shape index (κ1) is 12.7. The van der Waals surface area contributed by atoms with E-state index in [1.165, 1.54) is 6.20 Å². The van der Waals surface area contributed by atoms with E-state index in [9.17, 15) is 8.42 Å². The number of hydrogen-bond donors (Lipinski definition) is 0. The Morgan fingerprint density at radius 3 is 2.50 bits per heavy atom. The zero-order chi connectivity index (χ0) is 13.2. The molecule has 0 unspecified atom stereocenters. The summed E-state index contributed by atoms with van der Waals surface area (Å²) in [6.07, 6.45) is 1.44. The van der Waals surface area contributed by atoms with Gasteiger partial charge in [0, 0.05) is 18.0 Å². The normalized spacial score (nSPS) is 11.1. The van der Waals surface area contributed by atoms with E-state index in [1.54, 1.807) is 36.4 Å². The van der Waals surface area contributed by atoms with Gasteiger partial charge in [0.2, 0.25) is 0 Å². The molecular weight excluding hydrogens is 268 g/mol. The molecule has 1 heterocycles. The number of thioether (sulfide) groups is 1. The molecule has 0 saturated carbocycles. The minimum absolute atomic E-state index is 0.212. The van der Waals surface area contributed by atoms with Crippen molar-refractivity contribution in [1.82, 2.24) is 3.97 Å². The topological polar surface area (TPSA) is 62.9 Å². The van der Waals surface area contributed by atoms with Crippen molar-refractivity contribution in [3.63, 3.8) is 0 Å². The lowest BCUT2D eigenvalue weighted by Crippen LogP contribution is -2.12. The number of rotatable bonds is 3. The molecular formula is C12H10N2O2S2. The van der Waals surface area contributed by atoms with Crippen LogP contribution in [0.5, 0.6) is 0 Å². The van der Waals surface area contributed by atoms with Crippen LogP contribution in [0.2, 0.25) is 0 Å². The number of nitrogens with zero attached hydrogens (tertiary/aromatic N) is 2. The van der Waals surface area contributed by atoms with Crippen molar-refractivity contribution in [1.29, 1.82) is 5.26 Å². The van der Waals surface area contributed by atoms with E-state index in [0.717, 1.165) is 21.3 Å². The maximum Gasteiger partial charge on any atom is 0.268 e. The van der Waals surface area contributed by atoms with Gasteiger partial charge in [-0.05, 0) is 31.2 Å². The first-order valence-corrected chi connectivity index (χ1v) is 7.37. The highest BCUT2D eigenvalue weighted by Crippen LogP contribution is 2.23. The minimum Gasteiger partial charge on any atom is -0.235 e. The van der Waals surface area contributed by atoms with Crippen LogP contribution in [0.1, 0.15) is 5.56 Å². The van der Waals surface area contributed by atoms with Gasteiger partial charge in [-0.25, -0.2) is 12.4 Å². The smallest absolute Gasteiger partial charge is 0.235 e. The maximum atomic E-state index is 12.3. The van der Waals surface area contributed by atoms with Crippen molar-refractivity contribution in [2.45, 2.75) is 16.8 Å². The highest BCUT2D eigenvalue weighted by atomic mass is 32.2. The zero-order valence-electron chi connectivity index (χ0n) is 9.57. The van der Waals surface area contributed by atoms with Crippen LogP contribution in [0, 0.1) is 17.6 Å². The van der Waals surface area contributed by atoms with Gasteiger partial charge in [0.25, 0.3) is 10.0 Å². The molecule has 0 amide bonds. The summed E-state index contributed by atoms with van der Waals surface area (Å²) in [7, 11) is -3.62. The maximum absolute atomic E-state index is 12.3. The summed E-state index contributed by atoms with van der Waals surface area (Å²) in [5, 5.41) is 10.9. The zero-order valence-corrected chi connectivity index (χ0v) is 11.2. The van der Waals surface area contributed by atoms with Crippen LogP contribution < -0.4 is 0 Å². The van der Waals surface area contributed by atoms with Crippen molar-refractivity contribution < 1.29 is 8.42 Å². The van der Waals surface area contributed by atoms with Gasteiger partial charge in [0.1, 0.15) is 10.4 Å². The average molecular weight is 278 g/mol. The van der Waals surface area contributed by atoms with Crippen molar-refractivity contribution in [2.75, 3.05) is 0 Å². The number of benzene rings is 1. The van der Waals surface area contributed by atoms with Gasteiger partial charge in [-0.15, -0.1) is 0 Å². The van der Waals surface area contributed by atoms with E-state index in [0.29, 0.717) is 5.03 Å². The summed E-state index contributed by atoms with van der Waals surface area (Å²) in [5.74, 6) is 0. The van der Waals surface area contributed by atoms with Crippen molar-refractivity contribution in [3.05, 3.63) is 48.2 Å². The molecule has 0 N–H and O–H groups in total. The molecule has 0 atom stereocenters. The summed E-state index contributed by atoms with van der Waals surface area (Å²) < 4.78 is 25.8. The Bertz CT molecular complexity index is 694. The Morgan fingerprint density at radius 1 is 1.22 bits per heavy atom. The molecule has 2 rings (SSSR count). The summed E-state index contributed by atoms with van der Waals surface area (Å²) in [6, 6.07) is 9.81. The van der Waals surface area contributed by atoms with Crippen LogP contribution in [0.4, 0.5) is 0 Å². The second kappa shape index (κ2) is 4.88. The first-order valence-electron chi connectivity index (χ1n) is 5.11. The predicted molar refractivity (Wildman–Crippen MR) is 69.7 cm³/mol. The fraction of sp³-hybridized carbons (Fsp3) is 0.0833. The van der Waals surface area contributed by atoms with Gasteiger partial charge in [0.05, 0.1) is 4.90 Å². The summed E-state index contributed by atoms with van der Waals surface area (Å²) in [5.41, 5.74) is 0.994. The first-order chi connectivity index (χ1) is 8.55. The van der Waals surface area contributed by atoms with Crippen LogP contribution in [0.15, 0.2) is 52.5 Å². The molecule has 0 bridgehead atoms. The second-order valence-electron chi connectivity index (χ2n) is 3.65. The lowest BCUT2D eigenvalue weighted by atomic mass is 10.2. The van der Waals surface area contributed by atoms with E-state index in [1.807, 2.05) is 12.3 Å². The predicted octanol–water partition coefficient (Wildman–Crippen LogP) is 2.61. The Labute approximate surface area is 110 Å². The van der Waals surface area contributed by atoms with E-state index in [-0.39, 0.29) is 4.90 Å². The van der Waals surface area contributed by atoms with Gasteiger partial charge in [-0.3, -0.25) is 0 Å². The Kier molecular flexibility index (Phi) is 3.45. The molecule has 6 heteroatoms. The molecule has 0 radical (unpaired) electrons. The number of aromatic nitrogens is 1. The van der Waals surface area contributed by atoms with Crippen molar-refractivity contribution in [2.24, 2.45) is 0 Å². The highest BCUT2D eigenvalue weighted by Gasteiger charge is 2.19. The van der Waals surface area contributed by atoms with Crippen LogP contribution >= 0.6 is 11.8 Å². The Morgan fingerprint density at radius 2 is 1.89 bits per heavy atom. The molecule has 92 valence electrons. The van der Waals surface area contributed by atoms with Gasteiger partial charge in [-0.2, -0.15) is 5.26 Å². The van der Waals surface area contributed by atoms with E-state index in [2.05, 4.69) is 0 Å². The monoisotopic (exact) mass is 278 g/mol. The molecule has 4 nitrogen and oxygen atoms in total. The molecule has 0 aliphatic carbocycles. The van der Waals surface area contributed by atoms with Gasteiger partial charge in [-0.1, -0.05) is 17.7 Å². The Balaban J connectivity index is 2.52. The van der Waals surface area contributed by atoms with E-state index in [4.69, 9.17) is 5.26 Å². The van der Waals surface area contributed by atoms with E-state index < -0.39 is 10.0 Å². The number of nitriles is 1. The third-order valence-corrected chi connectivity index (χ3v) is 4.86. The van der Waals surface area contributed by atoms with Crippen LogP contribution in [0.3, 0.4) is 0 Å². The summed E-state index contributed by atoms with van der Waals surface area (Å²) in [4.78, 5) is 0.212. The number of thiocyanates is 1. The molecule has 0 spiro atoms.